The van der Waals surface area contributed by atoms with Crippen LogP contribution in [0.2, 0.25) is 0 Å². The minimum atomic E-state index is -1.31. The third-order valence-corrected chi connectivity index (χ3v) is 2.00. The molecule has 1 aromatic rings. The molecular formula is C10H13F3N2O. The summed E-state index contributed by atoms with van der Waals surface area (Å²) in [5.41, 5.74) is 0. The van der Waals surface area contributed by atoms with Crippen LogP contribution in [0.1, 0.15) is 6.92 Å². The lowest BCUT2D eigenvalue weighted by atomic mass is 10.4. The molecule has 0 bridgehead atoms. The largest absolute Gasteiger partial charge is 0.380 e. The zero-order chi connectivity index (χ0) is 12.1. The van der Waals surface area contributed by atoms with E-state index in [0.29, 0.717) is 25.8 Å². The number of ether oxygens (including phenoxy) is 1. The van der Waals surface area contributed by atoms with Gasteiger partial charge in [-0.2, -0.15) is 9.37 Å². The van der Waals surface area contributed by atoms with Crippen LogP contribution in [-0.2, 0) is 4.74 Å². The Bertz CT molecular complexity index is 360. The molecule has 0 saturated carbocycles. The Morgan fingerprint density at radius 3 is 2.62 bits per heavy atom. The number of pyridine rings is 1. The van der Waals surface area contributed by atoms with Crippen LogP contribution in [0.15, 0.2) is 6.07 Å². The molecule has 90 valence electrons. The van der Waals surface area contributed by atoms with Gasteiger partial charge in [0.2, 0.25) is 0 Å². The summed E-state index contributed by atoms with van der Waals surface area (Å²) in [4.78, 5) is 4.57. The molecule has 0 unspecified atom stereocenters. The first-order valence-corrected chi connectivity index (χ1v) is 4.86. The summed E-state index contributed by atoms with van der Waals surface area (Å²) in [6.45, 7) is 3.09. The van der Waals surface area contributed by atoms with E-state index in [1.165, 1.54) is 11.9 Å². The van der Waals surface area contributed by atoms with Crippen LogP contribution >= 0.6 is 0 Å². The van der Waals surface area contributed by atoms with Crippen molar-refractivity contribution >= 4 is 5.82 Å². The summed E-state index contributed by atoms with van der Waals surface area (Å²) in [7, 11) is 1.53. The van der Waals surface area contributed by atoms with Crippen LogP contribution in [0.5, 0.6) is 0 Å². The first-order valence-electron chi connectivity index (χ1n) is 4.86. The van der Waals surface area contributed by atoms with E-state index in [-0.39, 0.29) is 5.82 Å². The van der Waals surface area contributed by atoms with Crippen molar-refractivity contribution in [3.63, 3.8) is 0 Å². The Hall–Kier alpha value is -1.30. The molecule has 1 aromatic heterocycles. The van der Waals surface area contributed by atoms with Crippen molar-refractivity contribution in [2.75, 3.05) is 31.7 Å². The van der Waals surface area contributed by atoms with Crippen LogP contribution in [0.4, 0.5) is 19.0 Å². The highest BCUT2D eigenvalue weighted by atomic mass is 19.2. The third kappa shape index (κ3) is 3.10. The van der Waals surface area contributed by atoms with Gasteiger partial charge in [0, 0.05) is 26.3 Å². The molecule has 0 aliphatic rings. The molecule has 1 rings (SSSR count). The molecule has 0 atom stereocenters. The normalized spacial score (nSPS) is 10.6. The van der Waals surface area contributed by atoms with Crippen LogP contribution in [0.25, 0.3) is 0 Å². The van der Waals surface area contributed by atoms with Gasteiger partial charge in [0.1, 0.15) is 0 Å². The van der Waals surface area contributed by atoms with Gasteiger partial charge >= 0.3 is 0 Å². The molecule has 0 aromatic carbocycles. The SMILES string of the molecule is CCOCCN(C)c1nc(F)c(F)cc1F. The highest BCUT2D eigenvalue weighted by molar-refractivity contribution is 5.38. The van der Waals surface area contributed by atoms with E-state index in [0.717, 1.165) is 0 Å². The Balaban J connectivity index is 2.75. The summed E-state index contributed by atoms with van der Waals surface area (Å²) in [5, 5.41) is 0. The second-order valence-electron chi connectivity index (χ2n) is 3.18. The molecule has 16 heavy (non-hydrogen) atoms. The van der Waals surface area contributed by atoms with Gasteiger partial charge in [0.25, 0.3) is 5.95 Å². The number of hydrogen-bond donors (Lipinski definition) is 0. The molecule has 0 aliphatic carbocycles. The Labute approximate surface area is 91.8 Å². The topological polar surface area (TPSA) is 25.4 Å². The van der Waals surface area contributed by atoms with E-state index in [4.69, 9.17) is 4.74 Å². The van der Waals surface area contributed by atoms with Crippen LogP contribution < -0.4 is 4.90 Å². The van der Waals surface area contributed by atoms with Gasteiger partial charge in [-0.3, -0.25) is 0 Å². The molecule has 1 heterocycles. The summed E-state index contributed by atoms with van der Waals surface area (Å²) >= 11 is 0. The van der Waals surface area contributed by atoms with Crippen molar-refractivity contribution in [2.45, 2.75) is 6.92 Å². The van der Waals surface area contributed by atoms with E-state index < -0.39 is 17.6 Å². The first-order chi connectivity index (χ1) is 7.56. The maximum Gasteiger partial charge on any atom is 0.251 e. The average molecular weight is 234 g/mol. The minimum Gasteiger partial charge on any atom is -0.380 e. The summed E-state index contributed by atoms with van der Waals surface area (Å²) in [5.74, 6) is -3.71. The molecule has 0 amide bonds. The van der Waals surface area contributed by atoms with Gasteiger partial charge in [-0.25, -0.2) is 8.78 Å². The molecular weight excluding hydrogens is 221 g/mol. The van der Waals surface area contributed by atoms with Gasteiger partial charge < -0.3 is 9.64 Å². The zero-order valence-corrected chi connectivity index (χ0v) is 9.14. The number of aromatic nitrogens is 1. The van der Waals surface area contributed by atoms with E-state index in [2.05, 4.69) is 4.98 Å². The van der Waals surface area contributed by atoms with E-state index in [9.17, 15) is 13.2 Å². The monoisotopic (exact) mass is 234 g/mol. The smallest absolute Gasteiger partial charge is 0.251 e. The molecule has 0 aliphatic heterocycles. The number of hydrogen-bond acceptors (Lipinski definition) is 3. The van der Waals surface area contributed by atoms with Crippen LogP contribution in [0, 0.1) is 17.6 Å². The number of anilines is 1. The Morgan fingerprint density at radius 2 is 2.00 bits per heavy atom. The maximum atomic E-state index is 13.2. The van der Waals surface area contributed by atoms with Crippen LogP contribution in [-0.4, -0.2) is 31.8 Å². The fraction of sp³-hybridized carbons (Fsp3) is 0.500. The number of halogens is 3. The van der Waals surface area contributed by atoms with Crippen molar-refractivity contribution in [1.82, 2.24) is 4.98 Å². The lowest BCUT2D eigenvalue weighted by molar-refractivity contribution is 0.154. The van der Waals surface area contributed by atoms with Crippen molar-refractivity contribution < 1.29 is 17.9 Å². The fourth-order valence-electron chi connectivity index (χ4n) is 1.15. The third-order valence-electron chi connectivity index (χ3n) is 2.00. The molecule has 0 spiro atoms. The quantitative estimate of drug-likeness (QED) is 0.575. The first kappa shape index (κ1) is 12.8. The molecule has 0 radical (unpaired) electrons. The van der Waals surface area contributed by atoms with Gasteiger partial charge in [0.05, 0.1) is 6.61 Å². The van der Waals surface area contributed by atoms with Crippen molar-refractivity contribution in [1.29, 1.82) is 0 Å². The number of nitrogens with zero attached hydrogens (tertiary/aromatic N) is 2. The second-order valence-corrected chi connectivity index (χ2v) is 3.18. The predicted octanol–water partition coefficient (Wildman–Crippen LogP) is 1.97. The highest BCUT2D eigenvalue weighted by Crippen LogP contribution is 2.17. The van der Waals surface area contributed by atoms with Gasteiger partial charge in [-0.1, -0.05) is 0 Å². The summed E-state index contributed by atoms with van der Waals surface area (Å²) in [6, 6.07) is 0.481. The molecule has 0 fully saturated rings. The van der Waals surface area contributed by atoms with Crippen molar-refractivity contribution in [3.05, 3.63) is 23.6 Å². The highest BCUT2D eigenvalue weighted by Gasteiger charge is 2.14. The summed E-state index contributed by atoms with van der Waals surface area (Å²) in [6.07, 6.45) is 0. The summed E-state index contributed by atoms with van der Waals surface area (Å²) < 4.78 is 43.7. The van der Waals surface area contributed by atoms with Gasteiger partial charge in [-0.15, -0.1) is 0 Å². The van der Waals surface area contributed by atoms with E-state index >= 15 is 0 Å². The second kappa shape index (κ2) is 5.69. The zero-order valence-electron chi connectivity index (χ0n) is 9.14. The van der Waals surface area contributed by atoms with Crippen LogP contribution in [0.3, 0.4) is 0 Å². The number of likely N-dealkylation sites (N-methyl/N-ethyl adjacent to an activating group) is 1. The average Bonchev–Trinajstić information content (AvgIpc) is 2.23. The molecule has 3 nitrogen and oxygen atoms in total. The molecule has 6 heteroatoms. The predicted molar refractivity (Wildman–Crippen MR) is 53.9 cm³/mol. The molecule has 0 N–H and O–H groups in total. The Kier molecular flexibility index (Phi) is 4.54. The van der Waals surface area contributed by atoms with E-state index in [1.54, 1.807) is 0 Å². The fourth-order valence-corrected chi connectivity index (χ4v) is 1.15. The standard InChI is InChI=1S/C10H13F3N2O/c1-3-16-5-4-15(2)10-8(12)6-7(11)9(13)14-10/h6H,3-5H2,1-2H3. The maximum absolute atomic E-state index is 13.2. The van der Waals surface area contributed by atoms with Crippen molar-refractivity contribution in [3.8, 4) is 0 Å². The van der Waals surface area contributed by atoms with Crippen molar-refractivity contribution in [2.24, 2.45) is 0 Å². The van der Waals surface area contributed by atoms with Gasteiger partial charge in [-0.05, 0) is 6.92 Å². The minimum absolute atomic E-state index is 0.224. The van der Waals surface area contributed by atoms with E-state index in [1.807, 2.05) is 6.92 Å². The lowest BCUT2D eigenvalue weighted by Gasteiger charge is -2.18. The number of rotatable bonds is 5. The lowest BCUT2D eigenvalue weighted by Crippen LogP contribution is -2.25. The Morgan fingerprint density at radius 1 is 1.31 bits per heavy atom. The molecule has 0 saturated heterocycles. The van der Waals surface area contributed by atoms with Gasteiger partial charge in [0.15, 0.2) is 17.5 Å².